The third-order valence-electron chi connectivity index (χ3n) is 4.98. The lowest BCUT2D eigenvalue weighted by molar-refractivity contribution is -0.154. The molecule has 2 aromatic rings. The van der Waals surface area contributed by atoms with Gasteiger partial charge in [-0.25, -0.2) is 18.9 Å². The molecule has 2 atom stereocenters. The first-order valence-electron chi connectivity index (χ1n) is 9.85. The second kappa shape index (κ2) is 8.76. The van der Waals surface area contributed by atoms with Crippen LogP contribution in [0.1, 0.15) is 55.7 Å². The minimum absolute atomic E-state index is 0.147. The highest BCUT2D eigenvalue weighted by molar-refractivity contribution is 5.92. The molecule has 9 nitrogen and oxygen atoms in total. The number of halogens is 1. The van der Waals surface area contributed by atoms with Crippen LogP contribution in [0.3, 0.4) is 0 Å². The highest BCUT2D eigenvalue weighted by Crippen LogP contribution is 2.32. The summed E-state index contributed by atoms with van der Waals surface area (Å²) in [6, 6.07) is 1.17. The molecule has 0 bridgehead atoms. The Hall–Kier alpha value is -3.04. The van der Waals surface area contributed by atoms with E-state index in [1.54, 1.807) is 20.8 Å². The van der Waals surface area contributed by atoms with Gasteiger partial charge in [-0.15, -0.1) is 5.10 Å². The maximum Gasteiger partial charge on any atom is 0.356 e. The molecule has 0 saturated heterocycles. The van der Waals surface area contributed by atoms with Crippen molar-refractivity contribution in [2.75, 3.05) is 0 Å². The average Bonchev–Trinajstić information content (AvgIpc) is 3.05. The number of nitrogens with zero attached hydrogens (tertiary/aromatic N) is 4. The van der Waals surface area contributed by atoms with Crippen LogP contribution in [-0.4, -0.2) is 49.2 Å². The number of esters is 1. The van der Waals surface area contributed by atoms with Crippen LogP contribution in [0.2, 0.25) is 0 Å². The van der Waals surface area contributed by atoms with Crippen LogP contribution in [0.4, 0.5) is 4.39 Å². The smallest absolute Gasteiger partial charge is 0.356 e. The van der Waals surface area contributed by atoms with E-state index < -0.39 is 11.8 Å². The summed E-state index contributed by atoms with van der Waals surface area (Å²) in [4.78, 5) is 27.8. The predicted octanol–water partition coefficient (Wildman–Crippen LogP) is 2.91. The predicted molar refractivity (Wildman–Crippen MR) is 103 cm³/mol. The van der Waals surface area contributed by atoms with Gasteiger partial charge < -0.3 is 14.6 Å². The molecule has 0 aliphatic heterocycles. The van der Waals surface area contributed by atoms with Crippen molar-refractivity contribution >= 4 is 11.9 Å². The number of pyridine rings is 1. The summed E-state index contributed by atoms with van der Waals surface area (Å²) in [6.45, 7) is 5.25. The van der Waals surface area contributed by atoms with Crippen LogP contribution in [0.15, 0.2) is 6.07 Å². The van der Waals surface area contributed by atoms with Crippen molar-refractivity contribution in [2.45, 2.75) is 58.7 Å². The van der Waals surface area contributed by atoms with Crippen molar-refractivity contribution < 1.29 is 28.6 Å². The number of aromatic nitrogens is 4. The number of carbonyl (C=O) groups is 2. The Labute approximate surface area is 173 Å². The van der Waals surface area contributed by atoms with Gasteiger partial charge in [0.05, 0.1) is 23.8 Å². The van der Waals surface area contributed by atoms with Gasteiger partial charge in [-0.2, -0.15) is 0 Å². The van der Waals surface area contributed by atoms with E-state index in [9.17, 15) is 19.1 Å². The second-order valence-electron chi connectivity index (χ2n) is 7.71. The van der Waals surface area contributed by atoms with Crippen molar-refractivity contribution in [3.05, 3.63) is 23.3 Å². The molecule has 1 aliphatic carbocycles. The lowest BCUT2D eigenvalue weighted by atomic mass is 9.87. The third-order valence-corrected chi connectivity index (χ3v) is 4.98. The topological polar surface area (TPSA) is 116 Å². The summed E-state index contributed by atoms with van der Waals surface area (Å²) < 4.78 is 27.1. The second-order valence-corrected chi connectivity index (χ2v) is 7.71. The molecule has 0 aromatic carbocycles. The van der Waals surface area contributed by atoms with Crippen LogP contribution < -0.4 is 4.74 Å². The molecule has 2 heterocycles. The van der Waals surface area contributed by atoms with Gasteiger partial charge in [0, 0.05) is 13.1 Å². The largest absolute Gasteiger partial charge is 0.488 e. The van der Waals surface area contributed by atoms with Crippen LogP contribution in [-0.2, 0) is 16.6 Å². The molecule has 1 N–H and O–H groups in total. The molecule has 1 saturated carbocycles. The van der Waals surface area contributed by atoms with E-state index in [0.29, 0.717) is 12.1 Å². The van der Waals surface area contributed by atoms with Crippen LogP contribution in [0.5, 0.6) is 5.75 Å². The Morgan fingerprint density at radius 2 is 2.03 bits per heavy atom. The van der Waals surface area contributed by atoms with Gasteiger partial charge in [-0.1, -0.05) is 5.21 Å². The number of hydrogen-bond acceptors (Lipinski definition) is 7. The SMILES string of the molecule is Cc1nc(-c2nnn(C)c2C(=O)O)c(F)cc1O[C@H]1CCC[C@H](C(=O)OC(C)C)C1. The molecule has 2 aromatic heterocycles. The molecule has 162 valence electrons. The quantitative estimate of drug-likeness (QED) is 0.709. The fourth-order valence-corrected chi connectivity index (χ4v) is 3.58. The number of aryl methyl sites for hydroxylation is 2. The molecule has 10 heteroatoms. The molecular weight excluding hydrogens is 395 g/mol. The Morgan fingerprint density at radius 1 is 1.30 bits per heavy atom. The number of carbonyl (C=O) groups excluding carboxylic acids is 1. The van der Waals surface area contributed by atoms with Gasteiger partial charge in [-0.05, 0) is 46.5 Å². The van der Waals surface area contributed by atoms with Crippen LogP contribution in [0, 0.1) is 18.7 Å². The summed E-state index contributed by atoms with van der Waals surface area (Å²) >= 11 is 0. The lowest BCUT2D eigenvalue weighted by Crippen LogP contribution is -2.32. The number of aromatic carboxylic acids is 1. The molecular formula is C20H25FN4O5. The van der Waals surface area contributed by atoms with Gasteiger partial charge >= 0.3 is 11.9 Å². The first kappa shape index (κ1) is 21.7. The maximum absolute atomic E-state index is 14.8. The molecule has 0 spiro atoms. The van der Waals surface area contributed by atoms with Crippen molar-refractivity contribution in [1.29, 1.82) is 0 Å². The Kier molecular flexibility index (Phi) is 6.33. The van der Waals surface area contributed by atoms with Crippen LogP contribution >= 0.6 is 0 Å². The number of ether oxygens (including phenoxy) is 2. The summed E-state index contributed by atoms with van der Waals surface area (Å²) in [5.74, 6) is -2.27. The van der Waals surface area contributed by atoms with E-state index in [1.807, 2.05) is 0 Å². The molecule has 30 heavy (non-hydrogen) atoms. The van der Waals surface area contributed by atoms with Gasteiger partial charge in [0.15, 0.2) is 11.5 Å². The Balaban J connectivity index is 1.79. The van der Waals surface area contributed by atoms with Gasteiger partial charge in [-0.3, -0.25) is 4.79 Å². The highest BCUT2D eigenvalue weighted by Gasteiger charge is 2.31. The number of hydrogen-bond donors (Lipinski definition) is 1. The Morgan fingerprint density at radius 3 is 2.70 bits per heavy atom. The van der Waals surface area contributed by atoms with Crippen molar-refractivity contribution in [3.8, 4) is 17.1 Å². The zero-order valence-electron chi connectivity index (χ0n) is 17.4. The molecule has 1 aliphatic rings. The zero-order chi connectivity index (χ0) is 22.0. The molecule has 0 radical (unpaired) electrons. The summed E-state index contributed by atoms with van der Waals surface area (Å²) in [7, 11) is 1.41. The minimum Gasteiger partial charge on any atom is -0.488 e. The highest BCUT2D eigenvalue weighted by atomic mass is 19.1. The van der Waals surface area contributed by atoms with Gasteiger partial charge in [0.25, 0.3) is 0 Å². The molecule has 0 amide bonds. The normalized spacial score (nSPS) is 19.0. The molecule has 0 unspecified atom stereocenters. The average molecular weight is 420 g/mol. The third kappa shape index (κ3) is 4.58. The van der Waals surface area contributed by atoms with Gasteiger partial charge in [0.1, 0.15) is 17.1 Å². The maximum atomic E-state index is 14.8. The van der Waals surface area contributed by atoms with Crippen molar-refractivity contribution in [3.63, 3.8) is 0 Å². The standard InChI is InChI=1S/C20H25FN4O5/c1-10(2)29-20(28)12-6-5-7-13(8-12)30-15-9-14(21)16(22-11(15)3)17-18(19(26)27)25(4)24-23-17/h9-10,12-13H,5-8H2,1-4H3,(H,26,27)/t12-,13-/m0/s1. The monoisotopic (exact) mass is 420 g/mol. The molecule has 3 rings (SSSR count). The number of carboxylic acids is 1. The van der Waals surface area contributed by atoms with E-state index in [4.69, 9.17) is 9.47 Å². The van der Waals surface area contributed by atoms with Gasteiger partial charge in [0.2, 0.25) is 0 Å². The van der Waals surface area contributed by atoms with E-state index in [-0.39, 0.29) is 46.9 Å². The first-order chi connectivity index (χ1) is 14.2. The van der Waals surface area contributed by atoms with E-state index in [2.05, 4.69) is 15.3 Å². The van der Waals surface area contributed by atoms with E-state index in [0.717, 1.165) is 23.9 Å². The van der Waals surface area contributed by atoms with Crippen molar-refractivity contribution in [2.24, 2.45) is 13.0 Å². The van der Waals surface area contributed by atoms with Crippen molar-refractivity contribution in [1.82, 2.24) is 20.0 Å². The van der Waals surface area contributed by atoms with Crippen LogP contribution in [0.25, 0.3) is 11.4 Å². The number of carboxylic acid groups (broad SMARTS) is 1. The van der Waals surface area contributed by atoms with E-state index >= 15 is 0 Å². The summed E-state index contributed by atoms with van der Waals surface area (Å²) in [6.07, 6.45) is 2.32. The van der Waals surface area contributed by atoms with E-state index in [1.165, 1.54) is 13.1 Å². The first-order valence-corrected chi connectivity index (χ1v) is 9.85. The fraction of sp³-hybridized carbons (Fsp3) is 0.550. The fourth-order valence-electron chi connectivity index (χ4n) is 3.58. The summed E-state index contributed by atoms with van der Waals surface area (Å²) in [5, 5.41) is 16.7. The minimum atomic E-state index is -1.28. The number of rotatable bonds is 6. The summed E-state index contributed by atoms with van der Waals surface area (Å²) in [5.41, 5.74) is -0.216. The Bertz CT molecular complexity index is 959. The lowest BCUT2D eigenvalue weighted by Gasteiger charge is -2.29. The molecule has 1 fully saturated rings. The zero-order valence-corrected chi connectivity index (χ0v) is 17.4.